The molecule has 0 aromatic carbocycles. The van der Waals surface area contributed by atoms with Gasteiger partial charge < -0.3 is 15.5 Å². The standard InChI is InChI=1S/C11H15N5O2S/c17-10(9-6-19-15-14-9)16-4-3-8(5-16)13-11(18)12-7-1-2-7/h6-8H,1-5H2,(H2,12,13,18). The normalized spacial score (nSPS) is 22.3. The Labute approximate surface area is 114 Å². The second kappa shape index (κ2) is 5.12. The van der Waals surface area contributed by atoms with Gasteiger partial charge in [-0.15, -0.1) is 5.10 Å². The Bertz CT molecular complexity index is 473. The summed E-state index contributed by atoms with van der Waals surface area (Å²) in [6, 6.07) is 0.242. The number of urea groups is 1. The van der Waals surface area contributed by atoms with Crippen molar-refractivity contribution in [2.24, 2.45) is 0 Å². The lowest BCUT2D eigenvalue weighted by Crippen LogP contribution is -2.44. The highest BCUT2D eigenvalue weighted by Gasteiger charge is 2.30. The molecule has 8 heteroatoms. The zero-order valence-corrected chi connectivity index (χ0v) is 11.2. The van der Waals surface area contributed by atoms with E-state index in [1.165, 1.54) is 0 Å². The van der Waals surface area contributed by atoms with Crippen LogP contribution >= 0.6 is 11.5 Å². The number of hydrogen-bond donors (Lipinski definition) is 2. The fourth-order valence-corrected chi connectivity index (χ4v) is 2.55. The fraction of sp³-hybridized carbons (Fsp3) is 0.636. The maximum Gasteiger partial charge on any atom is 0.315 e. The molecule has 1 atom stereocenters. The van der Waals surface area contributed by atoms with Gasteiger partial charge in [-0.3, -0.25) is 4.79 Å². The molecule has 2 heterocycles. The summed E-state index contributed by atoms with van der Waals surface area (Å²) in [6.45, 7) is 1.18. The van der Waals surface area contributed by atoms with Crippen LogP contribution in [0.3, 0.4) is 0 Å². The lowest BCUT2D eigenvalue weighted by molar-refractivity contribution is 0.0783. The molecular weight excluding hydrogens is 266 g/mol. The molecule has 19 heavy (non-hydrogen) atoms. The Balaban J connectivity index is 1.49. The van der Waals surface area contributed by atoms with Crippen molar-refractivity contribution >= 4 is 23.5 Å². The topological polar surface area (TPSA) is 87.2 Å². The smallest absolute Gasteiger partial charge is 0.315 e. The van der Waals surface area contributed by atoms with Crippen molar-refractivity contribution < 1.29 is 9.59 Å². The van der Waals surface area contributed by atoms with Crippen LogP contribution in [0, 0.1) is 0 Å². The highest BCUT2D eigenvalue weighted by Crippen LogP contribution is 2.18. The van der Waals surface area contributed by atoms with E-state index in [1.807, 2.05) is 0 Å². The molecule has 1 aliphatic carbocycles. The van der Waals surface area contributed by atoms with E-state index in [-0.39, 0.29) is 18.0 Å². The summed E-state index contributed by atoms with van der Waals surface area (Å²) in [6.07, 6.45) is 2.92. The molecule has 2 aliphatic rings. The fourth-order valence-electron chi connectivity index (χ4n) is 2.12. The summed E-state index contributed by atoms with van der Waals surface area (Å²) in [7, 11) is 0. The maximum absolute atomic E-state index is 12.0. The van der Waals surface area contributed by atoms with Crippen molar-refractivity contribution in [3.8, 4) is 0 Å². The molecule has 0 bridgehead atoms. The molecule has 1 aliphatic heterocycles. The van der Waals surface area contributed by atoms with Gasteiger partial charge in [-0.1, -0.05) is 4.49 Å². The molecule has 1 aromatic rings. The molecule has 3 amide bonds. The molecular formula is C11H15N5O2S. The van der Waals surface area contributed by atoms with E-state index < -0.39 is 0 Å². The van der Waals surface area contributed by atoms with Crippen molar-refractivity contribution in [3.05, 3.63) is 11.1 Å². The van der Waals surface area contributed by atoms with Crippen LogP contribution in [-0.2, 0) is 0 Å². The minimum atomic E-state index is -0.128. The third-order valence-corrected chi connectivity index (χ3v) is 3.81. The third-order valence-electron chi connectivity index (χ3n) is 3.30. The Morgan fingerprint density at radius 1 is 1.26 bits per heavy atom. The van der Waals surface area contributed by atoms with Gasteiger partial charge in [0.15, 0.2) is 5.69 Å². The van der Waals surface area contributed by atoms with Gasteiger partial charge in [0.2, 0.25) is 0 Å². The summed E-state index contributed by atoms with van der Waals surface area (Å²) in [4.78, 5) is 25.3. The third kappa shape index (κ3) is 3.01. The number of likely N-dealkylation sites (tertiary alicyclic amines) is 1. The number of hydrogen-bond acceptors (Lipinski definition) is 5. The molecule has 0 radical (unpaired) electrons. The predicted molar refractivity (Wildman–Crippen MR) is 68.9 cm³/mol. The second-order valence-corrected chi connectivity index (χ2v) is 5.53. The maximum atomic E-state index is 12.0. The van der Waals surface area contributed by atoms with Crippen LogP contribution in [-0.4, -0.2) is 51.6 Å². The van der Waals surface area contributed by atoms with Gasteiger partial charge in [0.1, 0.15) is 0 Å². The first-order chi connectivity index (χ1) is 9.22. The molecule has 1 aromatic heterocycles. The van der Waals surface area contributed by atoms with Gasteiger partial charge in [0, 0.05) is 30.6 Å². The summed E-state index contributed by atoms with van der Waals surface area (Å²) in [5.74, 6) is -0.111. The number of nitrogens with one attached hydrogen (secondary N) is 2. The number of aromatic nitrogens is 2. The number of amides is 3. The molecule has 3 rings (SSSR count). The number of carbonyl (C=O) groups is 2. The highest BCUT2D eigenvalue weighted by atomic mass is 32.1. The number of rotatable bonds is 3. The number of carbonyl (C=O) groups excluding carboxylic acids is 2. The van der Waals surface area contributed by atoms with E-state index in [4.69, 9.17) is 0 Å². The van der Waals surface area contributed by atoms with Crippen molar-refractivity contribution in [1.29, 1.82) is 0 Å². The number of nitrogens with zero attached hydrogens (tertiary/aromatic N) is 3. The Morgan fingerprint density at radius 3 is 2.74 bits per heavy atom. The summed E-state index contributed by atoms with van der Waals surface area (Å²) < 4.78 is 3.69. The van der Waals surface area contributed by atoms with Gasteiger partial charge in [0.05, 0.1) is 0 Å². The van der Waals surface area contributed by atoms with E-state index in [2.05, 4.69) is 20.2 Å². The van der Waals surface area contributed by atoms with Crippen LogP contribution in [0.2, 0.25) is 0 Å². The van der Waals surface area contributed by atoms with E-state index in [0.717, 1.165) is 30.8 Å². The summed E-state index contributed by atoms with van der Waals surface area (Å²) in [5, 5.41) is 11.2. The SMILES string of the molecule is O=C(NC1CC1)NC1CCN(C(=O)c2csnn2)C1. The van der Waals surface area contributed by atoms with Crippen molar-refractivity contribution in [2.45, 2.75) is 31.3 Å². The minimum Gasteiger partial charge on any atom is -0.335 e. The lowest BCUT2D eigenvalue weighted by Gasteiger charge is -2.16. The molecule has 1 saturated heterocycles. The monoisotopic (exact) mass is 281 g/mol. The Morgan fingerprint density at radius 2 is 2.05 bits per heavy atom. The average Bonchev–Trinajstić information content (AvgIpc) is 2.90. The zero-order chi connectivity index (χ0) is 13.2. The molecule has 1 unspecified atom stereocenters. The van der Waals surface area contributed by atoms with Gasteiger partial charge in [-0.25, -0.2) is 4.79 Å². The van der Waals surface area contributed by atoms with E-state index >= 15 is 0 Å². The Kier molecular flexibility index (Phi) is 3.33. The van der Waals surface area contributed by atoms with Gasteiger partial charge >= 0.3 is 6.03 Å². The van der Waals surface area contributed by atoms with Crippen LogP contribution in [0.4, 0.5) is 4.79 Å². The van der Waals surface area contributed by atoms with E-state index in [9.17, 15) is 9.59 Å². The quantitative estimate of drug-likeness (QED) is 0.829. The van der Waals surface area contributed by atoms with Crippen LogP contribution < -0.4 is 10.6 Å². The molecule has 2 N–H and O–H groups in total. The first-order valence-electron chi connectivity index (χ1n) is 6.36. The van der Waals surface area contributed by atoms with E-state index in [1.54, 1.807) is 10.3 Å². The summed E-state index contributed by atoms with van der Waals surface area (Å²) >= 11 is 1.16. The van der Waals surface area contributed by atoms with Crippen LogP contribution in [0.1, 0.15) is 29.8 Å². The van der Waals surface area contributed by atoms with E-state index in [0.29, 0.717) is 24.8 Å². The Hall–Kier alpha value is -1.70. The van der Waals surface area contributed by atoms with Crippen molar-refractivity contribution in [2.75, 3.05) is 13.1 Å². The second-order valence-electron chi connectivity index (χ2n) is 4.92. The van der Waals surface area contributed by atoms with Crippen LogP contribution in [0.5, 0.6) is 0 Å². The van der Waals surface area contributed by atoms with Crippen LogP contribution in [0.15, 0.2) is 5.38 Å². The zero-order valence-electron chi connectivity index (χ0n) is 10.3. The summed E-state index contributed by atoms with van der Waals surface area (Å²) in [5.41, 5.74) is 0.382. The average molecular weight is 281 g/mol. The largest absolute Gasteiger partial charge is 0.335 e. The first kappa shape index (κ1) is 12.3. The van der Waals surface area contributed by atoms with Gasteiger partial charge in [-0.2, -0.15) is 0 Å². The minimum absolute atomic E-state index is 0.0225. The highest BCUT2D eigenvalue weighted by molar-refractivity contribution is 7.03. The van der Waals surface area contributed by atoms with Gasteiger partial charge in [0.25, 0.3) is 5.91 Å². The molecule has 2 fully saturated rings. The van der Waals surface area contributed by atoms with Gasteiger partial charge in [-0.05, 0) is 30.8 Å². The van der Waals surface area contributed by atoms with Crippen LogP contribution in [0.25, 0.3) is 0 Å². The molecule has 0 spiro atoms. The molecule has 1 saturated carbocycles. The lowest BCUT2D eigenvalue weighted by atomic mass is 10.3. The molecule has 102 valence electrons. The molecule has 7 nitrogen and oxygen atoms in total. The van der Waals surface area contributed by atoms with Crippen molar-refractivity contribution in [1.82, 2.24) is 25.1 Å². The predicted octanol–water partition coefficient (Wildman–Crippen LogP) is 0.214. The van der Waals surface area contributed by atoms with Crippen molar-refractivity contribution in [3.63, 3.8) is 0 Å². The first-order valence-corrected chi connectivity index (χ1v) is 7.19.